The van der Waals surface area contributed by atoms with E-state index in [2.05, 4.69) is 21.0 Å². The molecule has 1 aromatic heterocycles. The Kier molecular flexibility index (Phi) is 3.63. The quantitative estimate of drug-likeness (QED) is 0.778. The predicted octanol–water partition coefficient (Wildman–Crippen LogP) is 1.81. The first kappa shape index (κ1) is 11.6. The second-order valence-corrected chi connectivity index (χ2v) is 4.79. The molecule has 5 heteroatoms. The first-order chi connectivity index (χ1) is 7.74. The molecule has 0 N–H and O–H groups in total. The van der Waals surface area contributed by atoms with Crippen molar-refractivity contribution < 1.29 is 4.79 Å². The zero-order valence-corrected chi connectivity index (χ0v) is 11.0. The predicted molar refractivity (Wildman–Crippen MR) is 65.7 cm³/mol. The number of piperidine rings is 1. The number of likely N-dealkylation sites (tertiary alicyclic amines) is 1. The van der Waals surface area contributed by atoms with Crippen LogP contribution in [0.5, 0.6) is 0 Å². The largest absolute Gasteiger partial charge is 0.334 e. The van der Waals surface area contributed by atoms with Crippen molar-refractivity contribution in [3.8, 4) is 0 Å². The van der Waals surface area contributed by atoms with Gasteiger partial charge in [0.2, 0.25) is 0 Å². The summed E-state index contributed by atoms with van der Waals surface area (Å²) in [7, 11) is 1.81. The summed E-state index contributed by atoms with van der Waals surface area (Å²) in [5.74, 6) is 0.101. The maximum atomic E-state index is 12.3. The molecule has 16 heavy (non-hydrogen) atoms. The second-order valence-electron chi connectivity index (χ2n) is 4.14. The summed E-state index contributed by atoms with van der Waals surface area (Å²) in [6.07, 6.45) is 5.08. The number of aryl methyl sites for hydroxylation is 1. The molecular weight excluding hydrogens is 270 g/mol. The maximum absolute atomic E-state index is 12.3. The van der Waals surface area contributed by atoms with Gasteiger partial charge in [-0.3, -0.25) is 9.48 Å². The molecule has 1 atom stereocenters. The highest BCUT2D eigenvalue weighted by atomic mass is 79.9. The first-order valence-corrected chi connectivity index (χ1v) is 6.71. The summed E-state index contributed by atoms with van der Waals surface area (Å²) >= 11 is 3.49. The number of halogens is 1. The van der Waals surface area contributed by atoms with E-state index in [4.69, 9.17) is 0 Å². The van der Waals surface area contributed by atoms with Gasteiger partial charge in [0.1, 0.15) is 5.69 Å². The Morgan fingerprint density at radius 2 is 2.44 bits per heavy atom. The summed E-state index contributed by atoms with van der Waals surface area (Å²) in [6.45, 7) is 0.861. The van der Waals surface area contributed by atoms with Crippen molar-refractivity contribution in [2.45, 2.75) is 25.3 Å². The lowest BCUT2D eigenvalue weighted by molar-refractivity contribution is 0.0630. The Labute approximate surface area is 104 Å². The summed E-state index contributed by atoms with van der Waals surface area (Å²) in [6, 6.07) is 2.11. The van der Waals surface area contributed by atoms with E-state index in [1.807, 2.05) is 4.90 Å². The zero-order chi connectivity index (χ0) is 11.5. The molecule has 1 aliphatic heterocycles. The second kappa shape index (κ2) is 4.99. The van der Waals surface area contributed by atoms with Crippen molar-refractivity contribution in [1.29, 1.82) is 0 Å². The van der Waals surface area contributed by atoms with Crippen LogP contribution in [0.15, 0.2) is 12.3 Å². The number of hydrogen-bond donors (Lipinski definition) is 0. The number of rotatable bonds is 2. The Bertz CT molecular complexity index is 377. The van der Waals surface area contributed by atoms with Gasteiger partial charge in [0.05, 0.1) is 0 Å². The minimum atomic E-state index is 0.101. The van der Waals surface area contributed by atoms with Crippen molar-refractivity contribution in [3.05, 3.63) is 18.0 Å². The van der Waals surface area contributed by atoms with E-state index < -0.39 is 0 Å². The fourth-order valence-corrected chi connectivity index (χ4v) is 2.83. The standard InChI is InChI=1S/C11H16BrN3O/c1-14-10(5-6-13-14)11(16)15-7-3-2-4-9(15)8-12/h5-6,9H,2-4,7-8H2,1H3. The molecule has 1 fully saturated rings. The number of carbonyl (C=O) groups excluding carboxylic acids is 1. The van der Waals surface area contributed by atoms with E-state index in [1.165, 1.54) is 6.42 Å². The molecule has 0 spiro atoms. The van der Waals surface area contributed by atoms with Gasteiger partial charge in [0, 0.05) is 31.2 Å². The van der Waals surface area contributed by atoms with Gasteiger partial charge in [-0.15, -0.1) is 0 Å². The van der Waals surface area contributed by atoms with Gasteiger partial charge >= 0.3 is 0 Å². The number of nitrogens with zero attached hydrogens (tertiary/aromatic N) is 3. The molecule has 1 amide bonds. The van der Waals surface area contributed by atoms with E-state index in [-0.39, 0.29) is 5.91 Å². The lowest BCUT2D eigenvalue weighted by Gasteiger charge is -2.34. The maximum Gasteiger partial charge on any atom is 0.272 e. The molecule has 0 aromatic carbocycles. The molecule has 88 valence electrons. The van der Waals surface area contributed by atoms with Crippen LogP contribution in [0, 0.1) is 0 Å². The summed E-state index contributed by atoms with van der Waals surface area (Å²) in [5.41, 5.74) is 0.674. The first-order valence-electron chi connectivity index (χ1n) is 5.59. The third kappa shape index (κ3) is 2.14. The van der Waals surface area contributed by atoms with E-state index in [9.17, 15) is 4.79 Å². The number of amides is 1. The lowest BCUT2D eigenvalue weighted by Crippen LogP contribution is -2.45. The Morgan fingerprint density at radius 3 is 3.06 bits per heavy atom. The summed E-state index contributed by atoms with van der Waals surface area (Å²) < 4.78 is 1.64. The number of aromatic nitrogens is 2. The van der Waals surface area contributed by atoms with Gasteiger partial charge < -0.3 is 4.90 Å². The number of hydrogen-bond acceptors (Lipinski definition) is 2. The molecule has 2 heterocycles. The third-order valence-corrected chi connectivity index (χ3v) is 3.85. The van der Waals surface area contributed by atoms with Crippen molar-refractivity contribution in [1.82, 2.24) is 14.7 Å². The van der Waals surface area contributed by atoms with Crippen molar-refractivity contribution >= 4 is 21.8 Å². The third-order valence-electron chi connectivity index (χ3n) is 3.11. The smallest absolute Gasteiger partial charge is 0.272 e. The van der Waals surface area contributed by atoms with Gasteiger partial charge in [0.15, 0.2) is 0 Å². The van der Waals surface area contributed by atoms with Crippen molar-refractivity contribution in [3.63, 3.8) is 0 Å². The Balaban J connectivity index is 2.17. The highest BCUT2D eigenvalue weighted by Crippen LogP contribution is 2.20. The van der Waals surface area contributed by atoms with Crippen LogP contribution in [0.4, 0.5) is 0 Å². The van der Waals surface area contributed by atoms with Crippen LogP contribution in [0.2, 0.25) is 0 Å². The van der Waals surface area contributed by atoms with Gasteiger partial charge in [-0.05, 0) is 25.3 Å². The number of alkyl halides is 1. The molecule has 2 rings (SSSR count). The van der Waals surface area contributed by atoms with Crippen LogP contribution in [0.3, 0.4) is 0 Å². The lowest BCUT2D eigenvalue weighted by atomic mass is 10.0. The molecule has 0 aliphatic carbocycles. The molecule has 1 saturated heterocycles. The monoisotopic (exact) mass is 285 g/mol. The van der Waals surface area contributed by atoms with E-state index in [1.54, 1.807) is 24.0 Å². The SMILES string of the molecule is Cn1nccc1C(=O)N1CCCCC1CBr. The molecular formula is C11H16BrN3O. The molecule has 0 radical (unpaired) electrons. The fourth-order valence-electron chi connectivity index (χ4n) is 2.16. The minimum Gasteiger partial charge on any atom is -0.334 e. The topological polar surface area (TPSA) is 38.1 Å². The van der Waals surface area contributed by atoms with E-state index in [0.717, 1.165) is 24.7 Å². The van der Waals surface area contributed by atoms with Crippen LogP contribution in [0.1, 0.15) is 29.8 Å². The van der Waals surface area contributed by atoms with Gasteiger partial charge in [-0.2, -0.15) is 5.10 Å². The normalized spacial score (nSPS) is 21.1. The van der Waals surface area contributed by atoms with Gasteiger partial charge in [-0.25, -0.2) is 0 Å². The van der Waals surface area contributed by atoms with Crippen LogP contribution >= 0.6 is 15.9 Å². The molecule has 0 bridgehead atoms. The average Bonchev–Trinajstić information content (AvgIpc) is 2.74. The van der Waals surface area contributed by atoms with Crippen LogP contribution < -0.4 is 0 Å². The van der Waals surface area contributed by atoms with Crippen LogP contribution in [0.25, 0.3) is 0 Å². The van der Waals surface area contributed by atoms with Crippen LogP contribution in [-0.2, 0) is 7.05 Å². The molecule has 4 nitrogen and oxygen atoms in total. The fraction of sp³-hybridized carbons (Fsp3) is 0.636. The zero-order valence-electron chi connectivity index (χ0n) is 9.40. The van der Waals surface area contributed by atoms with Crippen LogP contribution in [-0.4, -0.2) is 38.5 Å². The Hall–Kier alpha value is -0.840. The summed E-state index contributed by atoms with van der Waals surface area (Å²) in [4.78, 5) is 14.3. The molecule has 1 aromatic rings. The van der Waals surface area contributed by atoms with E-state index >= 15 is 0 Å². The van der Waals surface area contributed by atoms with Crippen molar-refractivity contribution in [2.75, 3.05) is 11.9 Å². The van der Waals surface area contributed by atoms with Crippen molar-refractivity contribution in [2.24, 2.45) is 7.05 Å². The average molecular weight is 286 g/mol. The van der Waals surface area contributed by atoms with Gasteiger partial charge in [-0.1, -0.05) is 15.9 Å². The molecule has 1 unspecified atom stereocenters. The highest BCUT2D eigenvalue weighted by Gasteiger charge is 2.27. The molecule has 0 saturated carbocycles. The molecule has 1 aliphatic rings. The summed E-state index contributed by atoms with van der Waals surface area (Å²) in [5, 5.41) is 4.90. The number of carbonyl (C=O) groups is 1. The minimum absolute atomic E-state index is 0.101. The Morgan fingerprint density at radius 1 is 1.62 bits per heavy atom. The van der Waals surface area contributed by atoms with Gasteiger partial charge in [0.25, 0.3) is 5.91 Å². The highest BCUT2D eigenvalue weighted by molar-refractivity contribution is 9.09. The van der Waals surface area contributed by atoms with E-state index in [0.29, 0.717) is 11.7 Å².